The fourth-order valence-corrected chi connectivity index (χ4v) is 2.30. The second-order valence-corrected chi connectivity index (χ2v) is 5.15. The predicted octanol–water partition coefficient (Wildman–Crippen LogP) is 1.50. The van der Waals surface area contributed by atoms with Crippen LogP contribution in [-0.2, 0) is 4.79 Å². The van der Waals surface area contributed by atoms with Crippen molar-refractivity contribution in [3.63, 3.8) is 0 Å². The Balaban J connectivity index is 2.27. The van der Waals surface area contributed by atoms with Gasteiger partial charge in [0, 0.05) is 12.6 Å². The molecular weight excluding hydrogens is 280 g/mol. The summed E-state index contributed by atoms with van der Waals surface area (Å²) in [5.41, 5.74) is 12.5. The monoisotopic (exact) mass is 302 g/mol. The van der Waals surface area contributed by atoms with Gasteiger partial charge in [0.1, 0.15) is 5.52 Å². The van der Waals surface area contributed by atoms with Crippen LogP contribution in [0.4, 0.5) is 11.8 Å². The van der Waals surface area contributed by atoms with Gasteiger partial charge in [0.2, 0.25) is 5.95 Å². The van der Waals surface area contributed by atoms with Crippen molar-refractivity contribution in [2.24, 2.45) is 5.73 Å². The fraction of sp³-hybridized carbons (Fsp3) is 0.467. The predicted molar refractivity (Wildman–Crippen MR) is 87.4 cm³/mol. The van der Waals surface area contributed by atoms with Crippen LogP contribution in [0.5, 0.6) is 0 Å². The van der Waals surface area contributed by atoms with Crippen LogP contribution < -0.4 is 16.8 Å². The summed E-state index contributed by atoms with van der Waals surface area (Å²) in [5, 5.41) is 3.19. The lowest BCUT2D eigenvalue weighted by Gasteiger charge is -2.18. The highest BCUT2D eigenvalue weighted by atomic mass is 16.1. The van der Waals surface area contributed by atoms with Gasteiger partial charge in [0.05, 0.1) is 11.6 Å². The van der Waals surface area contributed by atoms with E-state index in [9.17, 15) is 4.79 Å². The number of fused-ring (bicyclic) bond motifs is 1. The van der Waals surface area contributed by atoms with Gasteiger partial charge in [-0.1, -0.05) is 13.3 Å². The zero-order valence-corrected chi connectivity index (χ0v) is 12.7. The third kappa shape index (κ3) is 3.88. The minimum absolute atomic E-state index is 0.133. The molecule has 7 heteroatoms. The molecule has 0 aromatic carbocycles. The first kappa shape index (κ1) is 16.1. The zero-order valence-electron chi connectivity index (χ0n) is 12.7. The van der Waals surface area contributed by atoms with E-state index in [4.69, 9.17) is 11.5 Å². The number of nitrogens with zero attached hydrogens (tertiary/aromatic N) is 3. The molecule has 0 aliphatic rings. The van der Waals surface area contributed by atoms with Crippen molar-refractivity contribution in [1.82, 2.24) is 15.0 Å². The Morgan fingerprint density at radius 3 is 2.95 bits per heavy atom. The van der Waals surface area contributed by atoms with Crippen molar-refractivity contribution in [3.05, 3.63) is 18.3 Å². The van der Waals surface area contributed by atoms with Crippen molar-refractivity contribution in [1.29, 1.82) is 0 Å². The summed E-state index contributed by atoms with van der Waals surface area (Å²) >= 11 is 0. The molecule has 0 amide bonds. The topological polar surface area (TPSA) is 120 Å². The lowest BCUT2D eigenvalue weighted by Crippen LogP contribution is -2.30. The Bertz CT molecular complexity index is 645. The number of aromatic nitrogens is 3. The van der Waals surface area contributed by atoms with Gasteiger partial charge in [-0.3, -0.25) is 9.78 Å². The van der Waals surface area contributed by atoms with E-state index in [0.717, 1.165) is 12.8 Å². The molecule has 0 aliphatic carbocycles. The summed E-state index contributed by atoms with van der Waals surface area (Å²) in [4.78, 5) is 24.9. The number of carbonyl (C=O) groups excluding carboxylic acids is 1. The smallest absolute Gasteiger partial charge is 0.222 e. The van der Waals surface area contributed by atoms with Crippen LogP contribution >= 0.6 is 0 Å². The van der Waals surface area contributed by atoms with E-state index in [2.05, 4.69) is 20.3 Å². The lowest BCUT2D eigenvalue weighted by atomic mass is 10.0. The molecule has 0 saturated carbocycles. The molecular formula is C15H22N6O. The van der Waals surface area contributed by atoms with Crippen molar-refractivity contribution < 1.29 is 4.79 Å². The lowest BCUT2D eigenvalue weighted by molar-refractivity contribution is -0.120. The van der Waals surface area contributed by atoms with E-state index in [1.165, 1.54) is 0 Å². The maximum absolute atomic E-state index is 12.3. The molecule has 0 aliphatic heterocycles. The SMILES string of the molecule is CCC[C@H](Nc1nc(N)nc2cccnc12)C(=O)CCCN. The number of nitrogens with two attached hydrogens (primary N) is 2. The molecule has 0 spiro atoms. The summed E-state index contributed by atoms with van der Waals surface area (Å²) < 4.78 is 0. The zero-order chi connectivity index (χ0) is 15.9. The second kappa shape index (κ2) is 7.65. The number of nitrogen functional groups attached to an aromatic ring is 1. The summed E-state index contributed by atoms with van der Waals surface area (Å²) in [7, 11) is 0. The molecule has 5 N–H and O–H groups in total. The van der Waals surface area contributed by atoms with Gasteiger partial charge in [-0.15, -0.1) is 0 Å². The highest BCUT2D eigenvalue weighted by Gasteiger charge is 2.19. The summed E-state index contributed by atoms with van der Waals surface area (Å²) in [6.07, 6.45) is 4.42. The first-order chi connectivity index (χ1) is 10.7. The van der Waals surface area contributed by atoms with E-state index in [-0.39, 0.29) is 17.8 Å². The number of nitrogens with one attached hydrogen (secondary N) is 1. The molecule has 1 atom stereocenters. The molecule has 2 aromatic rings. The summed E-state index contributed by atoms with van der Waals surface area (Å²) in [5.74, 6) is 0.795. The molecule has 2 heterocycles. The maximum Gasteiger partial charge on any atom is 0.222 e. The molecule has 0 bridgehead atoms. The van der Waals surface area contributed by atoms with Crippen LogP contribution in [0.25, 0.3) is 11.0 Å². The average Bonchev–Trinajstić information content (AvgIpc) is 2.52. The molecule has 2 aromatic heterocycles. The second-order valence-electron chi connectivity index (χ2n) is 5.15. The van der Waals surface area contributed by atoms with E-state index in [1.807, 2.05) is 13.0 Å². The van der Waals surface area contributed by atoms with Crippen molar-refractivity contribution in [3.8, 4) is 0 Å². The normalized spacial score (nSPS) is 12.3. The third-order valence-corrected chi connectivity index (χ3v) is 3.38. The van der Waals surface area contributed by atoms with Gasteiger partial charge in [-0.05, 0) is 31.5 Å². The molecule has 0 unspecified atom stereocenters. The standard InChI is InChI=1S/C15H22N6O/c1-2-5-10(12(22)7-3-8-16)19-14-13-11(6-4-9-18-13)20-15(17)21-14/h4,6,9-10H,2-3,5,7-8,16H2,1H3,(H3,17,19,20,21)/t10-/m0/s1. The number of Topliss-reactive ketones (excluding diaryl/α,β-unsaturated/α-hetero) is 1. The van der Waals surface area contributed by atoms with Crippen LogP contribution in [0.2, 0.25) is 0 Å². The molecule has 0 saturated heterocycles. The summed E-state index contributed by atoms with van der Waals surface area (Å²) in [6, 6.07) is 3.29. The molecule has 118 valence electrons. The van der Waals surface area contributed by atoms with Gasteiger partial charge in [-0.2, -0.15) is 4.98 Å². The summed E-state index contributed by atoms with van der Waals surface area (Å²) in [6.45, 7) is 2.55. The molecule has 22 heavy (non-hydrogen) atoms. The van der Waals surface area contributed by atoms with Gasteiger partial charge in [0.15, 0.2) is 11.6 Å². The minimum atomic E-state index is -0.309. The minimum Gasteiger partial charge on any atom is -0.368 e. The average molecular weight is 302 g/mol. The van der Waals surface area contributed by atoms with Crippen LogP contribution in [-0.4, -0.2) is 33.3 Å². The molecule has 2 rings (SSSR count). The largest absolute Gasteiger partial charge is 0.368 e. The number of pyridine rings is 1. The first-order valence-electron chi connectivity index (χ1n) is 7.53. The quantitative estimate of drug-likeness (QED) is 0.675. The van der Waals surface area contributed by atoms with Gasteiger partial charge >= 0.3 is 0 Å². The van der Waals surface area contributed by atoms with Gasteiger partial charge in [0.25, 0.3) is 0 Å². The number of anilines is 2. The Morgan fingerprint density at radius 2 is 2.23 bits per heavy atom. The highest BCUT2D eigenvalue weighted by molar-refractivity contribution is 5.91. The van der Waals surface area contributed by atoms with Crippen LogP contribution in [0.15, 0.2) is 18.3 Å². The Morgan fingerprint density at radius 1 is 1.41 bits per heavy atom. The van der Waals surface area contributed by atoms with E-state index in [1.54, 1.807) is 12.3 Å². The van der Waals surface area contributed by atoms with E-state index in [0.29, 0.717) is 36.2 Å². The fourth-order valence-electron chi connectivity index (χ4n) is 2.30. The van der Waals surface area contributed by atoms with E-state index < -0.39 is 0 Å². The number of hydrogen-bond acceptors (Lipinski definition) is 7. The van der Waals surface area contributed by atoms with Crippen molar-refractivity contribution in [2.75, 3.05) is 17.6 Å². The molecule has 0 radical (unpaired) electrons. The van der Waals surface area contributed by atoms with Crippen LogP contribution in [0.3, 0.4) is 0 Å². The Hall–Kier alpha value is -2.28. The molecule has 7 nitrogen and oxygen atoms in total. The van der Waals surface area contributed by atoms with Crippen molar-refractivity contribution >= 4 is 28.6 Å². The molecule has 0 fully saturated rings. The highest BCUT2D eigenvalue weighted by Crippen LogP contribution is 2.20. The number of carbonyl (C=O) groups is 1. The Labute approximate surface area is 129 Å². The van der Waals surface area contributed by atoms with Crippen molar-refractivity contribution in [2.45, 2.75) is 38.6 Å². The Kier molecular flexibility index (Phi) is 5.60. The van der Waals surface area contributed by atoms with Crippen LogP contribution in [0, 0.1) is 0 Å². The first-order valence-corrected chi connectivity index (χ1v) is 7.53. The van der Waals surface area contributed by atoms with E-state index >= 15 is 0 Å². The van der Waals surface area contributed by atoms with Gasteiger partial charge in [-0.25, -0.2) is 4.98 Å². The number of rotatable bonds is 8. The van der Waals surface area contributed by atoms with Gasteiger partial charge < -0.3 is 16.8 Å². The van der Waals surface area contributed by atoms with Crippen LogP contribution in [0.1, 0.15) is 32.6 Å². The maximum atomic E-state index is 12.3. The third-order valence-electron chi connectivity index (χ3n) is 3.38. The number of hydrogen-bond donors (Lipinski definition) is 3. The number of ketones is 1.